The SMILES string of the molecule is CCOC(=O)C(Nc1ccc(OC)cc1)c1c[nH]c2ccc(OC)cc12. The Hall–Kier alpha value is -3.15. The van der Waals surface area contributed by atoms with Crippen LogP contribution in [0.4, 0.5) is 5.69 Å². The van der Waals surface area contributed by atoms with Crippen LogP contribution in [-0.2, 0) is 9.53 Å². The van der Waals surface area contributed by atoms with Crippen molar-refractivity contribution in [2.24, 2.45) is 0 Å². The van der Waals surface area contributed by atoms with Crippen molar-refractivity contribution in [2.45, 2.75) is 13.0 Å². The van der Waals surface area contributed by atoms with E-state index in [0.29, 0.717) is 6.61 Å². The van der Waals surface area contributed by atoms with Crippen molar-refractivity contribution in [3.05, 3.63) is 54.2 Å². The molecule has 1 heterocycles. The average molecular weight is 354 g/mol. The van der Waals surface area contributed by atoms with Crippen molar-refractivity contribution >= 4 is 22.6 Å². The van der Waals surface area contributed by atoms with E-state index < -0.39 is 6.04 Å². The van der Waals surface area contributed by atoms with Crippen LogP contribution in [-0.4, -0.2) is 31.8 Å². The molecule has 3 rings (SSSR count). The third-order valence-electron chi connectivity index (χ3n) is 4.16. The normalized spacial score (nSPS) is 11.8. The van der Waals surface area contributed by atoms with Gasteiger partial charge in [0.2, 0.25) is 0 Å². The van der Waals surface area contributed by atoms with Crippen molar-refractivity contribution in [2.75, 3.05) is 26.1 Å². The Bertz CT molecular complexity index is 886. The monoisotopic (exact) mass is 354 g/mol. The molecule has 0 saturated carbocycles. The van der Waals surface area contributed by atoms with Gasteiger partial charge in [-0.05, 0) is 49.4 Å². The van der Waals surface area contributed by atoms with E-state index in [-0.39, 0.29) is 5.97 Å². The van der Waals surface area contributed by atoms with Crippen LogP contribution in [0.2, 0.25) is 0 Å². The molecule has 0 aliphatic rings. The lowest BCUT2D eigenvalue weighted by Crippen LogP contribution is -2.23. The predicted molar refractivity (Wildman–Crippen MR) is 101 cm³/mol. The zero-order valence-corrected chi connectivity index (χ0v) is 15.0. The highest BCUT2D eigenvalue weighted by Gasteiger charge is 2.25. The number of nitrogens with one attached hydrogen (secondary N) is 2. The summed E-state index contributed by atoms with van der Waals surface area (Å²) in [5.74, 6) is 1.14. The second-order valence-corrected chi connectivity index (χ2v) is 5.71. The number of carbonyl (C=O) groups excluding carboxylic acids is 1. The van der Waals surface area contributed by atoms with E-state index in [0.717, 1.165) is 33.7 Å². The van der Waals surface area contributed by atoms with Gasteiger partial charge in [0.1, 0.15) is 11.5 Å². The Morgan fingerprint density at radius 3 is 2.42 bits per heavy atom. The largest absolute Gasteiger partial charge is 0.497 e. The van der Waals surface area contributed by atoms with E-state index >= 15 is 0 Å². The highest BCUT2D eigenvalue weighted by atomic mass is 16.5. The Morgan fingerprint density at radius 2 is 1.77 bits per heavy atom. The summed E-state index contributed by atoms with van der Waals surface area (Å²) in [5.41, 5.74) is 2.51. The summed E-state index contributed by atoms with van der Waals surface area (Å²) in [4.78, 5) is 15.8. The molecule has 2 aromatic carbocycles. The van der Waals surface area contributed by atoms with Crippen LogP contribution >= 0.6 is 0 Å². The summed E-state index contributed by atoms with van der Waals surface area (Å²) in [5, 5.41) is 4.16. The molecule has 1 aromatic heterocycles. The maximum atomic E-state index is 12.6. The highest BCUT2D eigenvalue weighted by Crippen LogP contribution is 2.31. The van der Waals surface area contributed by atoms with E-state index in [1.54, 1.807) is 21.1 Å². The summed E-state index contributed by atoms with van der Waals surface area (Å²) in [6, 6.07) is 12.5. The van der Waals surface area contributed by atoms with Gasteiger partial charge in [-0.15, -0.1) is 0 Å². The fourth-order valence-electron chi connectivity index (χ4n) is 2.83. The summed E-state index contributed by atoms with van der Waals surface area (Å²) in [6.07, 6.45) is 1.82. The minimum atomic E-state index is -0.649. The van der Waals surface area contributed by atoms with Crippen LogP contribution < -0.4 is 14.8 Å². The number of rotatable bonds is 7. The number of methoxy groups -OCH3 is 2. The first-order valence-electron chi connectivity index (χ1n) is 8.38. The first kappa shape index (κ1) is 17.7. The number of anilines is 1. The van der Waals surface area contributed by atoms with Crippen LogP contribution in [0.3, 0.4) is 0 Å². The third-order valence-corrected chi connectivity index (χ3v) is 4.16. The second-order valence-electron chi connectivity index (χ2n) is 5.71. The molecule has 0 aliphatic heterocycles. The number of esters is 1. The van der Waals surface area contributed by atoms with Crippen molar-refractivity contribution in [1.29, 1.82) is 0 Å². The topological polar surface area (TPSA) is 72.6 Å². The van der Waals surface area contributed by atoms with Crippen LogP contribution in [0.25, 0.3) is 10.9 Å². The number of H-pyrrole nitrogens is 1. The quantitative estimate of drug-likeness (QED) is 0.630. The van der Waals surface area contributed by atoms with Gasteiger partial charge in [-0.1, -0.05) is 0 Å². The van der Waals surface area contributed by atoms with Crippen LogP contribution in [0.5, 0.6) is 11.5 Å². The number of benzene rings is 2. The number of hydrogen-bond donors (Lipinski definition) is 2. The van der Waals surface area contributed by atoms with Crippen LogP contribution in [0, 0.1) is 0 Å². The van der Waals surface area contributed by atoms with E-state index in [1.807, 2.05) is 48.7 Å². The summed E-state index contributed by atoms with van der Waals surface area (Å²) in [7, 11) is 3.23. The fourth-order valence-corrected chi connectivity index (χ4v) is 2.83. The molecule has 2 N–H and O–H groups in total. The molecular formula is C20H22N2O4. The Morgan fingerprint density at radius 1 is 1.08 bits per heavy atom. The van der Waals surface area contributed by atoms with Crippen LogP contribution in [0.15, 0.2) is 48.7 Å². The van der Waals surface area contributed by atoms with Gasteiger partial charge in [0.05, 0.1) is 20.8 Å². The number of aromatic nitrogens is 1. The lowest BCUT2D eigenvalue weighted by atomic mass is 10.0. The molecule has 0 amide bonds. The molecule has 1 atom stereocenters. The Kier molecular flexibility index (Phi) is 5.31. The average Bonchev–Trinajstić information content (AvgIpc) is 3.09. The highest BCUT2D eigenvalue weighted by molar-refractivity contribution is 5.92. The van der Waals surface area contributed by atoms with Gasteiger partial charge in [-0.3, -0.25) is 0 Å². The zero-order chi connectivity index (χ0) is 18.5. The minimum absolute atomic E-state index is 0.311. The molecule has 0 bridgehead atoms. The molecule has 0 spiro atoms. The molecule has 0 aliphatic carbocycles. The standard InChI is InChI=1S/C20H22N2O4/c1-4-26-20(23)19(22-13-5-7-14(24-2)8-6-13)17-12-21-18-10-9-15(25-3)11-16(17)18/h5-12,19,21-22H,4H2,1-3H3. The Labute approximate surface area is 152 Å². The van der Waals surface area contributed by atoms with Crippen molar-refractivity contribution in [3.63, 3.8) is 0 Å². The molecule has 26 heavy (non-hydrogen) atoms. The van der Waals surface area contributed by atoms with Crippen molar-refractivity contribution in [1.82, 2.24) is 4.98 Å². The molecule has 136 valence electrons. The van der Waals surface area contributed by atoms with Gasteiger partial charge < -0.3 is 24.5 Å². The van der Waals surface area contributed by atoms with Crippen LogP contribution in [0.1, 0.15) is 18.5 Å². The molecule has 3 aromatic rings. The molecule has 0 fully saturated rings. The lowest BCUT2D eigenvalue weighted by Gasteiger charge is -2.18. The minimum Gasteiger partial charge on any atom is -0.497 e. The van der Waals surface area contributed by atoms with Gasteiger partial charge in [-0.25, -0.2) is 4.79 Å². The first-order chi connectivity index (χ1) is 12.7. The second kappa shape index (κ2) is 7.82. The van der Waals surface area contributed by atoms with Gasteiger partial charge >= 0.3 is 5.97 Å². The number of hydrogen-bond acceptors (Lipinski definition) is 5. The molecular weight excluding hydrogens is 332 g/mol. The first-order valence-corrected chi connectivity index (χ1v) is 8.38. The zero-order valence-electron chi connectivity index (χ0n) is 15.0. The number of carbonyl (C=O) groups is 1. The lowest BCUT2D eigenvalue weighted by molar-refractivity contribution is -0.144. The Balaban J connectivity index is 1.99. The van der Waals surface area contributed by atoms with E-state index in [4.69, 9.17) is 14.2 Å². The van der Waals surface area contributed by atoms with Gasteiger partial charge in [0, 0.05) is 28.4 Å². The van der Waals surface area contributed by atoms with Gasteiger partial charge in [-0.2, -0.15) is 0 Å². The maximum Gasteiger partial charge on any atom is 0.333 e. The van der Waals surface area contributed by atoms with Crippen molar-refractivity contribution < 1.29 is 19.0 Å². The van der Waals surface area contributed by atoms with Gasteiger partial charge in [0.15, 0.2) is 6.04 Å². The van der Waals surface area contributed by atoms with E-state index in [9.17, 15) is 4.79 Å². The molecule has 0 radical (unpaired) electrons. The van der Waals surface area contributed by atoms with Gasteiger partial charge in [0.25, 0.3) is 0 Å². The number of fused-ring (bicyclic) bond motifs is 1. The van der Waals surface area contributed by atoms with E-state index in [2.05, 4.69) is 10.3 Å². The molecule has 6 nitrogen and oxygen atoms in total. The predicted octanol–water partition coefficient (Wildman–Crippen LogP) is 3.90. The fraction of sp³-hybridized carbons (Fsp3) is 0.250. The summed E-state index contributed by atoms with van der Waals surface area (Å²) >= 11 is 0. The maximum absolute atomic E-state index is 12.6. The number of ether oxygens (including phenoxy) is 3. The molecule has 0 saturated heterocycles. The molecule has 6 heteroatoms. The smallest absolute Gasteiger partial charge is 0.333 e. The van der Waals surface area contributed by atoms with E-state index in [1.165, 1.54) is 0 Å². The number of aromatic amines is 1. The molecule has 1 unspecified atom stereocenters. The third kappa shape index (κ3) is 3.59. The van der Waals surface area contributed by atoms with Crippen molar-refractivity contribution in [3.8, 4) is 11.5 Å². The summed E-state index contributed by atoms with van der Waals surface area (Å²) in [6.45, 7) is 2.10. The summed E-state index contributed by atoms with van der Waals surface area (Å²) < 4.78 is 15.8.